The van der Waals surface area contributed by atoms with Gasteiger partial charge in [0, 0.05) is 32.5 Å². The predicted molar refractivity (Wildman–Crippen MR) is 239 cm³/mol. The lowest BCUT2D eigenvalue weighted by Gasteiger charge is -2.14. The van der Waals surface area contributed by atoms with Crippen molar-refractivity contribution in [3.05, 3.63) is 205 Å². The summed E-state index contributed by atoms with van der Waals surface area (Å²) in [5.74, 6) is 0. The molecule has 0 N–H and O–H groups in total. The molecule has 57 heavy (non-hydrogen) atoms. The zero-order valence-electron chi connectivity index (χ0n) is 61.4. The van der Waals surface area contributed by atoms with Gasteiger partial charge in [-0.05, 0) is 94.3 Å². The maximum absolute atomic E-state index is 10.1. The average Bonchev–Trinajstić information content (AvgIpc) is 1.53. The third-order valence-corrected chi connectivity index (χ3v) is 9.31. The Morgan fingerprint density at radius 1 is 0.333 bits per heavy atom. The number of rotatable bonds is 5. The first kappa shape index (κ1) is 13.3. The lowest BCUT2D eigenvalue weighted by atomic mass is 10.0. The largest absolute Gasteiger partial charge is 0.456 e. The first-order chi connectivity index (χ1) is 42.0. The van der Waals surface area contributed by atoms with E-state index in [0.717, 1.165) is 10.6 Å². The molecule has 3 aromatic heterocycles. The van der Waals surface area contributed by atoms with Crippen molar-refractivity contribution in [3.63, 3.8) is 0 Å². The van der Waals surface area contributed by atoms with E-state index < -0.39 is 310 Å². The summed E-state index contributed by atoms with van der Waals surface area (Å²) in [7, 11) is 0. The van der Waals surface area contributed by atoms with Crippen LogP contribution < -0.4 is 0 Å². The maximum atomic E-state index is 10.1. The second kappa shape index (κ2) is 12.5. The highest BCUT2D eigenvalue weighted by atomic mass is 16.3. The van der Waals surface area contributed by atoms with Crippen LogP contribution in [0.1, 0.15) is 45.2 Å². The number of benzene rings is 9. The van der Waals surface area contributed by atoms with Crippen LogP contribution in [0.4, 0.5) is 0 Å². The van der Waals surface area contributed by atoms with Gasteiger partial charge in [-0.25, -0.2) is 0 Å². The molecule has 0 amide bonds. The van der Waals surface area contributed by atoms with E-state index in [4.69, 9.17) is 31.8 Å². The molecule has 9 aromatic carbocycles. The van der Waals surface area contributed by atoms with Crippen molar-refractivity contribution in [1.29, 1.82) is 0 Å². The number of furan rings is 1. The van der Waals surface area contributed by atoms with Crippen molar-refractivity contribution < 1.29 is 49.7 Å². The Balaban J connectivity index is 1.27. The highest BCUT2D eigenvalue weighted by molar-refractivity contribution is 6.16. The van der Waals surface area contributed by atoms with Gasteiger partial charge in [0.2, 0.25) is 0 Å². The van der Waals surface area contributed by atoms with Crippen molar-refractivity contribution in [2.24, 2.45) is 0 Å². The minimum atomic E-state index is -1.14. The van der Waals surface area contributed by atoms with Crippen LogP contribution in [0.25, 0.3) is 110 Å². The number of aromatic nitrogens is 2. The molecule has 0 aliphatic rings. The molecule has 0 aliphatic heterocycles. The predicted octanol–water partition coefficient (Wildman–Crippen LogP) is 14.8. The molecule has 3 heterocycles. The summed E-state index contributed by atoms with van der Waals surface area (Å²) in [5.41, 5.74) is -10.3. The molecular weight excluding hydrogens is 693 g/mol. The van der Waals surface area contributed by atoms with Crippen molar-refractivity contribution in [3.8, 4) is 44.8 Å². The minimum absolute atomic E-state index is 0.465. The Morgan fingerprint density at radius 2 is 0.860 bits per heavy atom. The topological polar surface area (TPSA) is 23.0 Å². The number of para-hydroxylation sites is 3. The summed E-state index contributed by atoms with van der Waals surface area (Å²) in [6.07, 6.45) is 0. The lowest BCUT2D eigenvalue weighted by Crippen LogP contribution is -1.97. The molecular formula is C54H34N2O. The Hall–Kier alpha value is -7.62. The second-order valence-corrected chi connectivity index (χ2v) is 12.4. The van der Waals surface area contributed by atoms with E-state index in [2.05, 4.69) is 0 Å². The molecule has 0 radical (unpaired) electrons. The van der Waals surface area contributed by atoms with Gasteiger partial charge in [-0.3, -0.25) is 0 Å². The molecule has 266 valence electrons. The van der Waals surface area contributed by atoms with E-state index in [1.54, 1.807) is 0 Å². The summed E-state index contributed by atoms with van der Waals surface area (Å²) < 4.78 is 307. The highest BCUT2D eigenvalue weighted by Gasteiger charge is 2.20. The summed E-state index contributed by atoms with van der Waals surface area (Å²) in [5, 5.41) is -3.81. The molecule has 0 saturated carbocycles. The van der Waals surface area contributed by atoms with Gasteiger partial charge < -0.3 is 13.6 Å². The molecule has 0 unspecified atom stereocenters. The first-order valence-electron chi connectivity index (χ1n) is 33.3. The van der Waals surface area contributed by atoms with E-state index in [9.17, 15) is 17.8 Å². The fourth-order valence-corrected chi connectivity index (χ4v) is 6.93. The van der Waals surface area contributed by atoms with Gasteiger partial charge in [0.15, 0.2) is 0 Å². The lowest BCUT2D eigenvalue weighted by molar-refractivity contribution is 0.669. The Morgan fingerprint density at radius 3 is 1.54 bits per heavy atom. The number of hydrogen-bond acceptors (Lipinski definition) is 1. The zero-order valence-corrected chi connectivity index (χ0v) is 28.4. The zero-order chi connectivity index (χ0) is 66.2. The summed E-state index contributed by atoms with van der Waals surface area (Å²) in [4.78, 5) is 0. The van der Waals surface area contributed by atoms with Gasteiger partial charge in [-0.2, -0.15) is 0 Å². The monoisotopic (exact) mass is 759 g/mol. The van der Waals surface area contributed by atoms with E-state index in [1.165, 1.54) is 0 Å². The molecule has 0 aliphatic carbocycles. The molecule has 0 fully saturated rings. The molecule has 0 bridgehead atoms. The van der Waals surface area contributed by atoms with Crippen LogP contribution in [0.3, 0.4) is 0 Å². The van der Waals surface area contributed by atoms with Crippen LogP contribution in [0.15, 0.2) is 210 Å². The molecule has 12 aromatic rings. The van der Waals surface area contributed by atoms with Crippen LogP contribution in [-0.2, 0) is 0 Å². The molecule has 3 heteroatoms. The van der Waals surface area contributed by atoms with E-state index in [0.29, 0.717) is 4.57 Å². The third-order valence-electron chi connectivity index (χ3n) is 9.31. The van der Waals surface area contributed by atoms with Crippen LogP contribution in [0.2, 0.25) is 0 Å². The van der Waals surface area contributed by atoms with Gasteiger partial charge in [0.05, 0.1) is 84.1 Å². The Kier molecular flexibility index (Phi) is 2.90. The van der Waals surface area contributed by atoms with Crippen LogP contribution in [-0.4, -0.2) is 9.13 Å². The van der Waals surface area contributed by atoms with Gasteiger partial charge in [-0.1, -0.05) is 139 Å². The SMILES string of the molecule is [2H]c1c([2H])c([2H])c(-c2cc([2H])c3oc4c([2H])c([2H])c([2H])c(-n5c6c([2H])c([2H])c([2H])c([2H])c6c6c([2H])c(-c7c([2H])c([2H])c8c(c7[2H])c7c([2H])c([2H])c([2H])c([2H])c7n8-c7c([2H])c([2H])c([2H])c([2H])c7-c7c([2H])c([2H])c([2H])c([2H])c7[2H])c([2H])c([2H])c65)c4c3c2[2H])c([2H])c1[2H]. The maximum Gasteiger partial charge on any atom is 0.137 e. The smallest absolute Gasteiger partial charge is 0.137 e. The summed E-state index contributed by atoms with van der Waals surface area (Å²) >= 11 is 0. The van der Waals surface area contributed by atoms with Gasteiger partial charge >= 0.3 is 0 Å². The Labute approximate surface area is 375 Å². The minimum Gasteiger partial charge on any atom is -0.456 e. The number of fused-ring (bicyclic) bond motifs is 9. The summed E-state index contributed by atoms with van der Waals surface area (Å²) in [6, 6.07) is -30.5. The number of hydrogen-bond donors (Lipinski definition) is 0. The highest BCUT2D eigenvalue weighted by Crippen LogP contribution is 2.42. The first-order valence-corrected chi connectivity index (χ1v) is 16.8. The number of nitrogens with zero attached hydrogens (tertiary/aromatic N) is 2. The van der Waals surface area contributed by atoms with Gasteiger partial charge in [0.25, 0.3) is 0 Å². The molecule has 0 atom stereocenters. The average molecular weight is 760 g/mol. The normalized spacial score (nSPS) is 20.0. The van der Waals surface area contributed by atoms with E-state index in [1.807, 2.05) is 0 Å². The van der Waals surface area contributed by atoms with Crippen LogP contribution in [0, 0.1) is 0 Å². The van der Waals surface area contributed by atoms with E-state index >= 15 is 0 Å². The van der Waals surface area contributed by atoms with Gasteiger partial charge in [-0.15, -0.1) is 0 Å². The van der Waals surface area contributed by atoms with Crippen molar-refractivity contribution >= 4 is 65.6 Å². The third kappa shape index (κ3) is 4.86. The van der Waals surface area contributed by atoms with Gasteiger partial charge in [0.1, 0.15) is 11.2 Å². The van der Waals surface area contributed by atoms with Crippen molar-refractivity contribution in [2.45, 2.75) is 0 Å². The molecule has 0 spiro atoms. The Bertz CT molecular complexity index is 5410. The van der Waals surface area contributed by atoms with Crippen molar-refractivity contribution in [1.82, 2.24) is 9.13 Å². The fraction of sp³-hybridized carbons (Fsp3) is 0. The quantitative estimate of drug-likeness (QED) is 0.171. The standard InChI is InChI=1S/C54H34N2O/c1-3-14-35(15-4-1)37-28-31-52-45(34-37)54-51(24-13-25-53(54)57-52)56-48-23-12-9-20-42(48)44-33-39(27-30-50(44)56)38-26-29-49-43(32-38)41-19-8-11-22-47(41)55(49)46-21-10-7-18-40(46)36-16-5-2-6-17-36/h1-34H/i1D,2D,3D,4D,5D,6D,7D,8D,9D,10D,11D,12D,13D,14D,15D,16D,17D,18D,19D,20D,21D,22D,23D,24D,25D,26D,27D,29D,30D,31D,32D,33D,34D. The van der Waals surface area contributed by atoms with E-state index in [-0.39, 0.29) is 0 Å². The van der Waals surface area contributed by atoms with Crippen molar-refractivity contribution in [2.75, 3.05) is 0 Å². The summed E-state index contributed by atoms with van der Waals surface area (Å²) in [6.45, 7) is 0. The fourth-order valence-electron chi connectivity index (χ4n) is 6.93. The molecule has 3 nitrogen and oxygen atoms in total. The molecule has 12 rings (SSSR count). The second-order valence-electron chi connectivity index (χ2n) is 12.4. The van der Waals surface area contributed by atoms with Crippen LogP contribution in [0.5, 0.6) is 0 Å². The molecule has 0 saturated heterocycles. The van der Waals surface area contributed by atoms with Crippen LogP contribution >= 0.6 is 0 Å².